The maximum absolute atomic E-state index is 5.65. The normalized spacial score (nSPS) is 10.7. The monoisotopic (exact) mass is 234 g/mol. The van der Waals surface area contributed by atoms with Gasteiger partial charge in [0.05, 0.1) is 11.4 Å². The highest BCUT2D eigenvalue weighted by Crippen LogP contribution is 2.27. The van der Waals surface area contributed by atoms with Crippen molar-refractivity contribution in [2.45, 2.75) is 6.54 Å². The minimum Gasteiger partial charge on any atom is -0.325 e. The maximum Gasteiger partial charge on any atom is 0.0712 e. The molecule has 1 aromatic heterocycles. The van der Waals surface area contributed by atoms with Gasteiger partial charge in [0.2, 0.25) is 0 Å². The van der Waals surface area contributed by atoms with E-state index in [1.165, 1.54) is 10.8 Å². The molecular weight excluding hydrogens is 220 g/mol. The van der Waals surface area contributed by atoms with E-state index < -0.39 is 0 Å². The summed E-state index contributed by atoms with van der Waals surface area (Å²) in [6.07, 6.45) is 0. The Labute approximate surface area is 106 Å². The molecule has 0 radical (unpaired) electrons. The summed E-state index contributed by atoms with van der Waals surface area (Å²) in [5.41, 5.74) is 8.70. The second kappa shape index (κ2) is 4.59. The fourth-order valence-electron chi connectivity index (χ4n) is 2.19. The van der Waals surface area contributed by atoms with E-state index in [-0.39, 0.29) is 0 Å². The molecule has 0 aliphatic carbocycles. The topological polar surface area (TPSA) is 38.9 Å². The predicted octanol–water partition coefficient (Wildman–Crippen LogP) is 3.36. The van der Waals surface area contributed by atoms with Crippen molar-refractivity contribution in [3.63, 3.8) is 0 Å². The van der Waals surface area contributed by atoms with Gasteiger partial charge in [-0.3, -0.25) is 4.98 Å². The van der Waals surface area contributed by atoms with Crippen molar-refractivity contribution in [3.05, 3.63) is 66.4 Å². The average molecular weight is 234 g/mol. The molecule has 2 nitrogen and oxygen atoms in total. The summed E-state index contributed by atoms with van der Waals surface area (Å²) >= 11 is 0. The molecule has 0 aliphatic rings. The number of pyridine rings is 1. The molecule has 2 heteroatoms. The first kappa shape index (κ1) is 10.9. The summed E-state index contributed by atoms with van der Waals surface area (Å²) < 4.78 is 0. The van der Waals surface area contributed by atoms with Crippen LogP contribution >= 0.6 is 0 Å². The Morgan fingerprint density at radius 1 is 0.833 bits per heavy atom. The second-order valence-corrected chi connectivity index (χ2v) is 4.24. The van der Waals surface area contributed by atoms with Crippen LogP contribution in [0, 0.1) is 0 Å². The zero-order chi connectivity index (χ0) is 12.4. The SMILES string of the molecule is NCc1cccc(-c2cccc3ccccc23)n1. The molecule has 0 aliphatic heterocycles. The average Bonchev–Trinajstić information content (AvgIpc) is 2.47. The highest BCUT2D eigenvalue weighted by molar-refractivity contribution is 5.95. The van der Waals surface area contributed by atoms with E-state index in [1.54, 1.807) is 0 Å². The summed E-state index contributed by atoms with van der Waals surface area (Å²) in [5.74, 6) is 0. The van der Waals surface area contributed by atoms with Crippen LogP contribution in [0.4, 0.5) is 0 Å². The molecule has 2 aromatic carbocycles. The maximum atomic E-state index is 5.65. The zero-order valence-corrected chi connectivity index (χ0v) is 10.0. The van der Waals surface area contributed by atoms with Crippen LogP contribution in [0.25, 0.3) is 22.0 Å². The van der Waals surface area contributed by atoms with Crippen molar-refractivity contribution in [2.24, 2.45) is 5.73 Å². The van der Waals surface area contributed by atoms with Crippen LogP contribution in [0.3, 0.4) is 0 Å². The van der Waals surface area contributed by atoms with Crippen LogP contribution in [-0.4, -0.2) is 4.98 Å². The Morgan fingerprint density at radius 2 is 1.61 bits per heavy atom. The Hall–Kier alpha value is -2.19. The predicted molar refractivity (Wildman–Crippen MR) is 75.1 cm³/mol. The molecule has 88 valence electrons. The minimum atomic E-state index is 0.471. The third-order valence-electron chi connectivity index (χ3n) is 3.08. The van der Waals surface area contributed by atoms with Crippen LogP contribution in [0.1, 0.15) is 5.69 Å². The van der Waals surface area contributed by atoms with Gasteiger partial charge in [0.1, 0.15) is 0 Å². The summed E-state index contributed by atoms with van der Waals surface area (Å²) in [7, 11) is 0. The van der Waals surface area contributed by atoms with E-state index in [1.807, 2.05) is 18.2 Å². The van der Waals surface area contributed by atoms with Crippen LogP contribution in [0.2, 0.25) is 0 Å². The van der Waals surface area contributed by atoms with Crippen molar-refractivity contribution in [1.29, 1.82) is 0 Å². The smallest absolute Gasteiger partial charge is 0.0712 e. The first-order chi connectivity index (χ1) is 8.88. The van der Waals surface area contributed by atoms with Gasteiger partial charge < -0.3 is 5.73 Å². The van der Waals surface area contributed by atoms with E-state index in [4.69, 9.17) is 5.73 Å². The molecule has 0 saturated carbocycles. The van der Waals surface area contributed by atoms with Gasteiger partial charge in [-0.15, -0.1) is 0 Å². The summed E-state index contributed by atoms with van der Waals surface area (Å²) in [4.78, 5) is 4.59. The summed E-state index contributed by atoms with van der Waals surface area (Å²) in [6, 6.07) is 20.6. The number of nitrogens with zero attached hydrogens (tertiary/aromatic N) is 1. The molecule has 3 aromatic rings. The van der Waals surface area contributed by atoms with Gasteiger partial charge in [-0.1, -0.05) is 48.5 Å². The van der Waals surface area contributed by atoms with Gasteiger partial charge in [0.25, 0.3) is 0 Å². The van der Waals surface area contributed by atoms with E-state index in [9.17, 15) is 0 Å². The first-order valence-corrected chi connectivity index (χ1v) is 6.02. The Kier molecular flexibility index (Phi) is 2.79. The number of rotatable bonds is 2. The van der Waals surface area contributed by atoms with Crippen molar-refractivity contribution in [3.8, 4) is 11.3 Å². The minimum absolute atomic E-state index is 0.471. The van der Waals surface area contributed by atoms with Gasteiger partial charge in [-0.2, -0.15) is 0 Å². The number of nitrogens with two attached hydrogens (primary N) is 1. The number of aromatic nitrogens is 1. The van der Waals surface area contributed by atoms with Gasteiger partial charge in [0.15, 0.2) is 0 Å². The number of fused-ring (bicyclic) bond motifs is 1. The Bertz CT molecular complexity index is 684. The molecule has 1 heterocycles. The Balaban J connectivity index is 2.24. The molecule has 0 amide bonds. The quantitative estimate of drug-likeness (QED) is 0.738. The Morgan fingerprint density at radius 3 is 2.50 bits per heavy atom. The molecule has 0 atom stereocenters. The van der Waals surface area contributed by atoms with Crippen LogP contribution < -0.4 is 5.73 Å². The van der Waals surface area contributed by atoms with E-state index in [0.717, 1.165) is 17.0 Å². The number of hydrogen-bond donors (Lipinski definition) is 1. The van der Waals surface area contributed by atoms with E-state index >= 15 is 0 Å². The number of benzene rings is 2. The zero-order valence-electron chi connectivity index (χ0n) is 10.0. The lowest BCUT2D eigenvalue weighted by atomic mass is 10.0. The van der Waals surface area contributed by atoms with Crippen molar-refractivity contribution >= 4 is 10.8 Å². The lowest BCUT2D eigenvalue weighted by Gasteiger charge is -2.07. The molecule has 0 spiro atoms. The van der Waals surface area contributed by atoms with Crippen molar-refractivity contribution < 1.29 is 0 Å². The second-order valence-electron chi connectivity index (χ2n) is 4.24. The lowest BCUT2D eigenvalue weighted by molar-refractivity contribution is 0.994. The van der Waals surface area contributed by atoms with Crippen LogP contribution in [-0.2, 0) is 6.54 Å². The molecule has 0 unspecified atom stereocenters. The number of hydrogen-bond acceptors (Lipinski definition) is 2. The summed E-state index contributed by atoms with van der Waals surface area (Å²) in [5, 5.41) is 2.46. The van der Waals surface area contributed by atoms with Gasteiger partial charge >= 0.3 is 0 Å². The van der Waals surface area contributed by atoms with Crippen molar-refractivity contribution in [2.75, 3.05) is 0 Å². The third-order valence-corrected chi connectivity index (χ3v) is 3.08. The van der Waals surface area contributed by atoms with E-state index in [2.05, 4.69) is 47.4 Å². The fourth-order valence-corrected chi connectivity index (χ4v) is 2.19. The third kappa shape index (κ3) is 1.87. The highest BCUT2D eigenvalue weighted by Gasteiger charge is 2.04. The highest BCUT2D eigenvalue weighted by atomic mass is 14.7. The largest absolute Gasteiger partial charge is 0.325 e. The molecular formula is C16H14N2. The molecule has 0 bridgehead atoms. The van der Waals surface area contributed by atoms with Crippen LogP contribution in [0.15, 0.2) is 60.7 Å². The van der Waals surface area contributed by atoms with Crippen molar-refractivity contribution in [1.82, 2.24) is 4.98 Å². The van der Waals surface area contributed by atoms with Gasteiger partial charge in [0, 0.05) is 12.1 Å². The van der Waals surface area contributed by atoms with E-state index in [0.29, 0.717) is 6.54 Å². The fraction of sp³-hybridized carbons (Fsp3) is 0.0625. The molecule has 3 rings (SSSR count). The molecule has 0 saturated heterocycles. The van der Waals surface area contributed by atoms with Gasteiger partial charge in [-0.25, -0.2) is 0 Å². The summed E-state index contributed by atoms with van der Waals surface area (Å²) in [6.45, 7) is 0.471. The molecule has 18 heavy (non-hydrogen) atoms. The standard InChI is InChI=1S/C16H14N2/c17-11-13-7-4-10-16(18-13)15-9-3-6-12-5-1-2-8-14(12)15/h1-10H,11,17H2. The molecule has 2 N–H and O–H groups in total. The lowest BCUT2D eigenvalue weighted by Crippen LogP contribution is -1.99. The van der Waals surface area contributed by atoms with Gasteiger partial charge in [-0.05, 0) is 22.9 Å². The molecule has 0 fully saturated rings. The first-order valence-electron chi connectivity index (χ1n) is 6.02. The van der Waals surface area contributed by atoms with Crippen LogP contribution in [0.5, 0.6) is 0 Å².